The molecule has 0 radical (unpaired) electrons. The van der Waals surface area contributed by atoms with E-state index in [-0.39, 0.29) is 0 Å². The van der Waals surface area contributed by atoms with Gasteiger partial charge in [-0.25, -0.2) is 9.50 Å². The Morgan fingerprint density at radius 2 is 1.94 bits per heavy atom. The normalized spacial score (nSPS) is 14.0. The SMILES string of the molecule is c1ccc(-c2nc3ncc4c(n3n2)CCC4)cc1. The quantitative estimate of drug-likeness (QED) is 0.651. The number of nitrogens with zero attached hydrogens (tertiary/aromatic N) is 4. The van der Waals surface area contributed by atoms with Gasteiger partial charge in [-0.1, -0.05) is 30.3 Å². The average molecular weight is 236 g/mol. The Hall–Kier alpha value is -2.23. The Bertz CT molecular complexity index is 715. The summed E-state index contributed by atoms with van der Waals surface area (Å²) in [5, 5.41) is 4.60. The Labute approximate surface area is 104 Å². The van der Waals surface area contributed by atoms with E-state index in [1.807, 2.05) is 41.0 Å². The molecule has 2 aromatic heterocycles. The van der Waals surface area contributed by atoms with Crippen molar-refractivity contribution in [3.8, 4) is 11.4 Å². The summed E-state index contributed by atoms with van der Waals surface area (Å²) in [6, 6.07) is 10.0. The lowest BCUT2D eigenvalue weighted by molar-refractivity contribution is 0.838. The smallest absolute Gasteiger partial charge is 0.219 e. The number of rotatable bonds is 1. The summed E-state index contributed by atoms with van der Waals surface area (Å²) in [4.78, 5) is 8.89. The van der Waals surface area contributed by atoms with Crippen LogP contribution in [0.2, 0.25) is 0 Å². The van der Waals surface area contributed by atoms with Crippen molar-refractivity contribution in [1.29, 1.82) is 0 Å². The standard InChI is InChI=1S/C14H12N4/c1-2-5-10(6-3-1)13-16-14-15-9-11-7-4-8-12(11)18(14)17-13/h1-3,5-6,9H,4,7-8H2. The zero-order valence-corrected chi connectivity index (χ0v) is 9.87. The molecule has 0 N–H and O–H groups in total. The molecule has 0 saturated heterocycles. The van der Waals surface area contributed by atoms with Gasteiger partial charge in [-0.2, -0.15) is 4.98 Å². The van der Waals surface area contributed by atoms with Crippen molar-refractivity contribution in [3.63, 3.8) is 0 Å². The van der Waals surface area contributed by atoms with E-state index in [1.165, 1.54) is 17.7 Å². The number of fused-ring (bicyclic) bond motifs is 3. The van der Waals surface area contributed by atoms with E-state index in [4.69, 9.17) is 0 Å². The largest absolute Gasteiger partial charge is 0.252 e. The van der Waals surface area contributed by atoms with Crippen molar-refractivity contribution >= 4 is 5.78 Å². The third-order valence-electron chi connectivity index (χ3n) is 3.44. The average Bonchev–Trinajstić information content (AvgIpc) is 3.05. The number of aromatic nitrogens is 4. The first kappa shape index (κ1) is 9.76. The highest BCUT2D eigenvalue weighted by atomic mass is 15.3. The molecule has 4 rings (SSSR count). The highest BCUT2D eigenvalue weighted by Crippen LogP contribution is 2.22. The minimum atomic E-state index is 0.703. The van der Waals surface area contributed by atoms with Crippen LogP contribution in [0.15, 0.2) is 36.5 Å². The second kappa shape index (κ2) is 3.63. The zero-order valence-electron chi connectivity index (χ0n) is 9.87. The van der Waals surface area contributed by atoms with E-state index in [1.54, 1.807) is 0 Å². The third kappa shape index (κ3) is 1.35. The van der Waals surface area contributed by atoms with Gasteiger partial charge in [0.05, 0.1) is 5.69 Å². The molecule has 0 atom stereocenters. The van der Waals surface area contributed by atoms with Crippen LogP contribution in [0.3, 0.4) is 0 Å². The van der Waals surface area contributed by atoms with E-state index in [0.29, 0.717) is 5.78 Å². The van der Waals surface area contributed by atoms with Gasteiger partial charge in [0.25, 0.3) is 5.78 Å². The molecule has 0 spiro atoms. The molecule has 1 aliphatic rings. The van der Waals surface area contributed by atoms with Gasteiger partial charge in [0.2, 0.25) is 0 Å². The molecule has 4 heteroatoms. The Kier molecular flexibility index (Phi) is 1.97. The summed E-state index contributed by atoms with van der Waals surface area (Å²) >= 11 is 0. The van der Waals surface area contributed by atoms with Gasteiger partial charge in [-0.3, -0.25) is 0 Å². The molecule has 0 amide bonds. The van der Waals surface area contributed by atoms with Crippen molar-refractivity contribution in [2.75, 3.05) is 0 Å². The van der Waals surface area contributed by atoms with E-state index in [9.17, 15) is 0 Å². The number of aryl methyl sites for hydroxylation is 2. The fourth-order valence-corrected chi connectivity index (χ4v) is 2.55. The number of hydrogen-bond donors (Lipinski definition) is 0. The summed E-state index contributed by atoms with van der Waals surface area (Å²) in [7, 11) is 0. The van der Waals surface area contributed by atoms with Crippen LogP contribution in [0.5, 0.6) is 0 Å². The fourth-order valence-electron chi connectivity index (χ4n) is 2.55. The summed E-state index contributed by atoms with van der Waals surface area (Å²) in [5.74, 6) is 1.46. The predicted molar refractivity (Wildman–Crippen MR) is 68.2 cm³/mol. The molecule has 0 saturated carbocycles. The first-order valence-corrected chi connectivity index (χ1v) is 6.21. The van der Waals surface area contributed by atoms with Crippen LogP contribution in [-0.2, 0) is 12.8 Å². The van der Waals surface area contributed by atoms with E-state index >= 15 is 0 Å². The zero-order chi connectivity index (χ0) is 11.9. The van der Waals surface area contributed by atoms with Crippen molar-refractivity contribution in [3.05, 3.63) is 47.8 Å². The van der Waals surface area contributed by atoms with Crippen molar-refractivity contribution < 1.29 is 0 Å². The van der Waals surface area contributed by atoms with Gasteiger partial charge in [0.15, 0.2) is 5.82 Å². The lowest BCUT2D eigenvalue weighted by Crippen LogP contribution is -1.99. The molecular weight excluding hydrogens is 224 g/mol. The molecule has 3 aromatic rings. The highest BCUT2D eigenvalue weighted by Gasteiger charge is 2.17. The van der Waals surface area contributed by atoms with Crippen LogP contribution < -0.4 is 0 Å². The lowest BCUT2D eigenvalue weighted by atomic mass is 10.2. The number of benzene rings is 1. The Balaban J connectivity index is 1.95. The van der Waals surface area contributed by atoms with Crippen LogP contribution >= 0.6 is 0 Å². The van der Waals surface area contributed by atoms with Gasteiger partial charge in [-0.05, 0) is 24.8 Å². The monoisotopic (exact) mass is 236 g/mol. The second-order valence-electron chi connectivity index (χ2n) is 4.60. The van der Waals surface area contributed by atoms with Gasteiger partial charge in [0, 0.05) is 11.8 Å². The molecule has 0 fully saturated rings. The summed E-state index contributed by atoms with van der Waals surface area (Å²) in [6.45, 7) is 0. The van der Waals surface area contributed by atoms with Gasteiger partial charge >= 0.3 is 0 Å². The molecule has 1 aromatic carbocycles. The lowest BCUT2D eigenvalue weighted by Gasteiger charge is -1.99. The van der Waals surface area contributed by atoms with Crippen LogP contribution in [0.25, 0.3) is 17.2 Å². The van der Waals surface area contributed by atoms with Gasteiger partial charge in [-0.15, -0.1) is 5.10 Å². The first-order chi connectivity index (χ1) is 8.92. The van der Waals surface area contributed by atoms with E-state index in [2.05, 4.69) is 15.1 Å². The molecule has 0 aliphatic heterocycles. The molecule has 4 nitrogen and oxygen atoms in total. The number of hydrogen-bond acceptors (Lipinski definition) is 3. The second-order valence-corrected chi connectivity index (χ2v) is 4.60. The van der Waals surface area contributed by atoms with Crippen molar-refractivity contribution in [2.24, 2.45) is 0 Å². The maximum atomic E-state index is 4.60. The maximum Gasteiger partial charge on any atom is 0.252 e. The van der Waals surface area contributed by atoms with Crippen LogP contribution in [-0.4, -0.2) is 19.6 Å². The summed E-state index contributed by atoms with van der Waals surface area (Å²) in [6.07, 6.45) is 5.32. The van der Waals surface area contributed by atoms with Gasteiger partial charge < -0.3 is 0 Å². The summed E-state index contributed by atoms with van der Waals surface area (Å²) in [5.41, 5.74) is 3.62. The minimum Gasteiger partial charge on any atom is -0.219 e. The predicted octanol–water partition coefficient (Wildman–Crippen LogP) is 2.28. The molecule has 0 bridgehead atoms. The fraction of sp³-hybridized carbons (Fsp3) is 0.214. The molecule has 0 unspecified atom stereocenters. The van der Waals surface area contributed by atoms with Crippen molar-refractivity contribution in [2.45, 2.75) is 19.3 Å². The Morgan fingerprint density at radius 1 is 1.06 bits per heavy atom. The first-order valence-electron chi connectivity index (χ1n) is 6.21. The summed E-state index contributed by atoms with van der Waals surface area (Å²) < 4.78 is 1.91. The highest BCUT2D eigenvalue weighted by molar-refractivity contribution is 5.56. The van der Waals surface area contributed by atoms with Crippen LogP contribution in [0.4, 0.5) is 0 Å². The van der Waals surface area contributed by atoms with Gasteiger partial charge in [0.1, 0.15) is 0 Å². The maximum absolute atomic E-state index is 4.60. The molecule has 18 heavy (non-hydrogen) atoms. The van der Waals surface area contributed by atoms with Crippen LogP contribution in [0.1, 0.15) is 17.7 Å². The molecular formula is C14H12N4. The van der Waals surface area contributed by atoms with E-state index < -0.39 is 0 Å². The Morgan fingerprint density at radius 3 is 2.83 bits per heavy atom. The molecule has 2 heterocycles. The van der Waals surface area contributed by atoms with Crippen molar-refractivity contribution in [1.82, 2.24) is 19.6 Å². The topological polar surface area (TPSA) is 43.1 Å². The van der Waals surface area contributed by atoms with Crippen LogP contribution in [0, 0.1) is 0 Å². The minimum absolute atomic E-state index is 0.703. The third-order valence-corrected chi connectivity index (χ3v) is 3.44. The van der Waals surface area contributed by atoms with E-state index in [0.717, 1.165) is 24.2 Å². The molecule has 1 aliphatic carbocycles. The molecule has 88 valence electrons.